The molecule has 0 radical (unpaired) electrons. The number of nitrogens with one attached hydrogen (secondary N) is 10. The molecule has 34 heteroatoms. The minimum atomic E-state index is -1.91. The zero-order chi connectivity index (χ0) is 69.9. The van der Waals surface area contributed by atoms with Crippen LogP contribution in [0.15, 0.2) is 0 Å². The summed E-state index contributed by atoms with van der Waals surface area (Å²) in [6.07, 6.45) is 0.119. The molecule has 3 heterocycles. The van der Waals surface area contributed by atoms with Crippen LogP contribution >= 0.6 is 0 Å². The Morgan fingerprint density at radius 3 is 1.45 bits per heavy atom. The second-order valence-corrected chi connectivity index (χ2v) is 24.2. The Bertz CT molecular complexity index is 2650. The van der Waals surface area contributed by atoms with Gasteiger partial charge in [0.2, 0.25) is 70.9 Å². The molecular formula is C58H96N14O20. The summed E-state index contributed by atoms with van der Waals surface area (Å²) in [6, 6.07) is -15.7. The molecule has 18 N–H and O–H groups in total. The Morgan fingerprint density at radius 1 is 0.489 bits per heavy atom. The van der Waals surface area contributed by atoms with E-state index in [-0.39, 0.29) is 57.7 Å². The van der Waals surface area contributed by atoms with Gasteiger partial charge in [-0.2, -0.15) is 0 Å². The average Bonchev–Trinajstić information content (AvgIpc) is 1.60. The van der Waals surface area contributed by atoms with Crippen LogP contribution in [-0.2, 0) is 76.7 Å². The van der Waals surface area contributed by atoms with Crippen molar-refractivity contribution < 1.29 is 97.1 Å². The number of nitrogens with zero attached hydrogens (tertiary/aromatic N) is 2. The number of hydrogen-bond donors (Lipinski definition) is 16. The summed E-state index contributed by atoms with van der Waals surface area (Å²) >= 11 is 0. The van der Waals surface area contributed by atoms with Crippen molar-refractivity contribution in [2.75, 3.05) is 26.2 Å². The van der Waals surface area contributed by atoms with Crippen molar-refractivity contribution in [1.82, 2.24) is 63.0 Å². The van der Waals surface area contributed by atoms with Gasteiger partial charge in [0.15, 0.2) is 0 Å². The van der Waals surface area contributed by atoms with Crippen LogP contribution in [0.4, 0.5) is 0 Å². The molecule has 3 saturated heterocycles. The number of carboxylic acids is 4. The predicted octanol–water partition coefficient (Wildman–Crippen LogP) is -4.00. The van der Waals surface area contributed by atoms with Crippen molar-refractivity contribution >= 4 is 94.8 Å². The van der Waals surface area contributed by atoms with Crippen LogP contribution in [0.25, 0.3) is 0 Å². The summed E-state index contributed by atoms with van der Waals surface area (Å²) in [5.41, 5.74) is 11.0. The minimum absolute atomic E-state index is 0.0148. The first-order valence-corrected chi connectivity index (χ1v) is 30.9. The van der Waals surface area contributed by atoms with E-state index in [0.717, 1.165) is 18.2 Å². The molecule has 0 aromatic heterocycles. The van der Waals surface area contributed by atoms with Crippen LogP contribution in [0.1, 0.15) is 152 Å². The van der Waals surface area contributed by atoms with Crippen LogP contribution < -0.4 is 64.6 Å². The van der Waals surface area contributed by atoms with Gasteiger partial charge in [-0.25, -0.2) is 4.79 Å². The first-order valence-electron chi connectivity index (χ1n) is 30.9. The van der Waals surface area contributed by atoms with Crippen molar-refractivity contribution in [3.63, 3.8) is 0 Å². The smallest absolute Gasteiger partial charge is 0.326 e. The number of carbonyl (C=O) groups is 16. The first kappa shape index (κ1) is 79.5. The number of aliphatic carboxylic acids is 4. The van der Waals surface area contributed by atoms with E-state index in [1.54, 1.807) is 41.5 Å². The number of carbonyl (C=O) groups excluding carboxylic acids is 12. The SMILES string of the molecule is CC(=O)O.CC(C)C[C@H](NC(=O)[C@@H]1CCCN1C(=O)[C@@H](NC(=O)[C@@H]1CCCN1C(=O)[C@H](CC(=O)O)NC(=O)[C@H](C)NC(=O)[C@H](C)NC(=O)[C@@H]1CCCN1)C(C)C)C(=O)N[C@H](C(=O)N[C@@H](CCCCN)C(=O)N[C@@H](CCC(N)=O)C(=O)N[C@@H](CC(=O)O)C(=O)O)C(C)C. The van der Waals surface area contributed by atoms with Gasteiger partial charge in [0.05, 0.1) is 18.9 Å². The fourth-order valence-corrected chi connectivity index (χ4v) is 10.4. The first-order chi connectivity index (χ1) is 43.0. The van der Waals surface area contributed by atoms with Crippen LogP contribution in [0, 0.1) is 17.8 Å². The second kappa shape index (κ2) is 39.0. The molecule has 3 aliphatic heterocycles. The van der Waals surface area contributed by atoms with Crippen molar-refractivity contribution in [3.8, 4) is 0 Å². The fraction of sp³-hybridized carbons (Fsp3) is 0.724. The average molecular weight is 1310 g/mol. The third-order valence-corrected chi connectivity index (χ3v) is 15.3. The Hall–Kier alpha value is -8.56. The molecule has 3 fully saturated rings. The standard InChI is InChI=1S/C56H92N14O18.C2H4O2/c1-27(2)24-35(50(81)67-43(28(3)4)53(84)63-33(14-9-10-20-57)48(79)62-34(18-19-40(58)71)49(80)66-37(56(87)88)26-42(74)75)64-51(82)38-16-13-23-70(38)55(86)44(29(5)6)68-52(83)39-17-12-22-69(39)54(85)36(25-41(72)73)65-46(77)31(8)60-45(76)30(7)61-47(78)32-15-11-21-59-32;1-2(3)4/h27-39,43-44,59H,9-26,57H2,1-8H3,(H2,58,71)(H,60,76)(H,61,78)(H,62,79)(H,63,84)(H,64,82)(H,65,77)(H,66,80)(H,67,81)(H,68,83)(H,72,73)(H,74,75)(H,87,88);1H3,(H,3,4)/t30-,31-,32-,33-,34-,35-,36-,37-,38-,39-,43-,44-;/m0./s1. The summed E-state index contributed by atoms with van der Waals surface area (Å²) in [7, 11) is 0. The monoisotopic (exact) mass is 1310 g/mol. The summed E-state index contributed by atoms with van der Waals surface area (Å²) in [5.74, 6) is -16.7. The molecule has 0 aromatic rings. The molecule has 92 heavy (non-hydrogen) atoms. The molecule has 12 atom stereocenters. The lowest BCUT2D eigenvalue weighted by atomic mass is 9.98. The van der Waals surface area contributed by atoms with Gasteiger partial charge in [-0.15, -0.1) is 0 Å². The molecular weight excluding hydrogens is 1210 g/mol. The van der Waals surface area contributed by atoms with E-state index in [4.69, 9.17) is 21.4 Å². The second-order valence-electron chi connectivity index (χ2n) is 24.2. The third-order valence-electron chi connectivity index (χ3n) is 15.3. The highest BCUT2D eigenvalue weighted by Crippen LogP contribution is 2.24. The highest BCUT2D eigenvalue weighted by molar-refractivity contribution is 6.00. The lowest BCUT2D eigenvalue weighted by Gasteiger charge is -2.33. The van der Waals surface area contributed by atoms with E-state index in [1.165, 1.54) is 18.7 Å². The van der Waals surface area contributed by atoms with Crippen molar-refractivity contribution in [2.24, 2.45) is 29.2 Å². The molecule has 12 amide bonds. The minimum Gasteiger partial charge on any atom is -0.481 e. The number of nitrogens with two attached hydrogens (primary N) is 2. The maximum absolute atomic E-state index is 14.5. The van der Waals surface area contributed by atoms with Gasteiger partial charge in [-0.1, -0.05) is 41.5 Å². The van der Waals surface area contributed by atoms with Crippen LogP contribution in [0.2, 0.25) is 0 Å². The van der Waals surface area contributed by atoms with E-state index < -0.39 is 205 Å². The highest BCUT2D eigenvalue weighted by Gasteiger charge is 2.44. The lowest BCUT2D eigenvalue weighted by molar-refractivity contribution is -0.147. The summed E-state index contributed by atoms with van der Waals surface area (Å²) in [4.78, 5) is 210. The molecule has 0 saturated carbocycles. The predicted molar refractivity (Wildman–Crippen MR) is 325 cm³/mol. The number of amides is 12. The molecule has 0 unspecified atom stereocenters. The number of carboxylic acid groups (broad SMARTS) is 4. The number of hydrogen-bond acceptors (Lipinski definition) is 18. The van der Waals surface area contributed by atoms with Crippen molar-refractivity contribution in [3.05, 3.63) is 0 Å². The van der Waals surface area contributed by atoms with E-state index in [2.05, 4.69) is 47.9 Å². The quantitative estimate of drug-likeness (QED) is 0.0266. The zero-order valence-electron chi connectivity index (χ0n) is 53.8. The Kier molecular flexibility index (Phi) is 33.7. The Morgan fingerprint density at radius 2 is 0.957 bits per heavy atom. The molecule has 518 valence electrons. The largest absolute Gasteiger partial charge is 0.481 e. The number of likely N-dealkylation sites (tertiary alicyclic amines) is 2. The van der Waals surface area contributed by atoms with E-state index in [1.807, 2.05) is 5.32 Å². The van der Waals surface area contributed by atoms with Gasteiger partial charge in [0, 0.05) is 26.4 Å². The van der Waals surface area contributed by atoms with E-state index in [9.17, 15) is 87.2 Å². The van der Waals surface area contributed by atoms with Gasteiger partial charge in [-0.05, 0) is 115 Å². The lowest BCUT2D eigenvalue weighted by Crippen LogP contribution is -2.61. The number of unbranched alkanes of at least 4 members (excludes halogenated alkanes) is 1. The maximum atomic E-state index is 14.5. The molecule has 0 bridgehead atoms. The normalized spacial score (nSPS) is 18.9. The topological polar surface area (TPSA) is 533 Å². The molecule has 0 spiro atoms. The molecule has 0 aliphatic carbocycles. The van der Waals surface area contributed by atoms with Gasteiger partial charge < -0.3 is 94.9 Å². The number of rotatable bonds is 36. The van der Waals surface area contributed by atoms with Gasteiger partial charge >= 0.3 is 17.9 Å². The number of primary amides is 1. The molecule has 0 aromatic carbocycles. The van der Waals surface area contributed by atoms with Crippen LogP contribution in [0.3, 0.4) is 0 Å². The van der Waals surface area contributed by atoms with E-state index in [0.29, 0.717) is 32.2 Å². The van der Waals surface area contributed by atoms with Gasteiger partial charge in [0.25, 0.3) is 5.97 Å². The fourth-order valence-electron chi connectivity index (χ4n) is 10.4. The molecule has 34 nitrogen and oxygen atoms in total. The van der Waals surface area contributed by atoms with Gasteiger partial charge in [-0.3, -0.25) is 71.9 Å². The highest BCUT2D eigenvalue weighted by atomic mass is 16.4. The Labute approximate surface area is 533 Å². The van der Waals surface area contributed by atoms with Crippen LogP contribution in [0.5, 0.6) is 0 Å². The van der Waals surface area contributed by atoms with Crippen molar-refractivity contribution in [1.29, 1.82) is 0 Å². The summed E-state index contributed by atoms with van der Waals surface area (Å²) in [5, 5.41) is 61.5. The van der Waals surface area contributed by atoms with Gasteiger partial charge in [0.1, 0.15) is 66.5 Å². The Balaban J connectivity index is 0.00000699. The van der Waals surface area contributed by atoms with E-state index >= 15 is 0 Å². The van der Waals surface area contributed by atoms with Crippen molar-refractivity contribution in [2.45, 2.75) is 225 Å². The zero-order valence-corrected chi connectivity index (χ0v) is 53.8. The third kappa shape index (κ3) is 26.7. The molecule has 3 aliphatic rings. The summed E-state index contributed by atoms with van der Waals surface area (Å²) in [6.45, 7) is 14.8. The summed E-state index contributed by atoms with van der Waals surface area (Å²) < 4.78 is 0. The van der Waals surface area contributed by atoms with Crippen LogP contribution in [-0.4, -0.2) is 224 Å². The molecule has 3 rings (SSSR count). The maximum Gasteiger partial charge on any atom is 0.326 e.